The zero-order valence-electron chi connectivity index (χ0n) is 18.8. The molecular formula is C24H35N5O2. The molecule has 7 heteroatoms. The molecule has 7 nitrogen and oxygen atoms in total. The minimum atomic E-state index is 0.473. The van der Waals surface area contributed by atoms with Gasteiger partial charge in [0.05, 0.1) is 6.61 Å². The van der Waals surface area contributed by atoms with Gasteiger partial charge in [0, 0.05) is 45.6 Å². The average molecular weight is 426 g/mol. The average Bonchev–Trinajstić information content (AvgIpc) is 2.82. The van der Waals surface area contributed by atoms with E-state index >= 15 is 0 Å². The molecule has 0 spiro atoms. The van der Waals surface area contributed by atoms with Gasteiger partial charge in [0.25, 0.3) is 0 Å². The number of nitrogens with zero attached hydrogens (tertiary/aromatic N) is 3. The largest absolute Gasteiger partial charge is 0.475 e. The summed E-state index contributed by atoms with van der Waals surface area (Å²) in [5.41, 5.74) is 3.59. The number of benzene rings is 1. The van der Waals surface area contributed by atoms with E-state index in [0.717, 1.165) is 18.1 Å². The van der Waals surface area contributed by atoms with Crippen molar-refractivity contribution in [2.24, 2.45) is 4.99 Å². The molecule has 0 aliphatic carbocycles. The Bertz CT molecular complexity index is 804. The zero-order valence-corrected chi connectivity index (χ0v) is 18.8. The van der Waals surface area contributed by atoms with E-state index in [9.17, 15) is 0 Å². The van der Waals surface area contributed by atoms with E-state index in [-0.39, 0.29) is 0 Å². The van der Waals surface area contributed by atoms with Crippen molar-refractivity contribution in [3.05, 3.63) is 59.3 Å². The number of aromatic nitrogens is 1. The van der Waals surface area contributed by atoms with E-state index in [2.05, 4.69) is 49.8 Å². The van der Waals surface area contributed by atoms with Crippen molar-refractivity contribution in [2.45, 2.75) is 38.9 Å². The summed E-state index contributed by atoms with van der Waals surface area (Å²) in [7, 11) is 3.43. The Morgan fingerprint density at radius 1 is 1.00 bits per heavy atom. The van der Waals surface area contributed by atoms with Crippen molar-refractivity contribution in [1.29, 1.82) is 0 Å². The third-order valence-corrected chi connectivity index (χ3v) is 5.38. The van der Waals surface area contributed by atoms with Gasteiger partial charge in [-0.2, -0.15) is 0 Å². The molecule has 2 N–H and O–H groups in total. The molecule has 1 saturated heterocycles. The lowest BCUT2D eigenvalue weighted by molar-refractivity contribution is 0.143. The summed E-state index contributed by atoms with van der Waals surface area (Å²) in [6.45, 7) is 5.79. The quantitative estimate of drug-likeness (QED) is 0.346. The van der Waals surface area contributed by atoms with Crippen LogP contribution in [0, 0.1) is 0 Å². The highest BCUT2D eigenvalue weighted by molar-refractivity contribution is 5.79. The topological polar surface area (TPSA) is 71.0 Å². The molecule has 1 aliphatic rings. The van der Waals surface area contributed by atoms with Gasteiger partial charge in [-0.05, 0) is 43.1 Å². The van der Waals surface area contributed by atoms with Gasteiger partial charge in [0.1, 0.15) is 6.61 Å². The lowest BCUT2D eigenvalue weighted by Crippen LogP contribution is -2.36. The fraction of sp³-hybridized carbons (Fsp3) is 0.500. The Morgan fingerprint density at radius 2 is 1.74 bits per heavy atom. The first-order valence-corrected chi connectivity index (χ1v) is 11.1. The van der Waals surface area contributed by atoms with Crippen molar-refractivity contribution < 1.29 is 9.47 Å². The van der Waals surface area contributed by atoms with E-state index in [4.69, 9.17) is 9.47 Å². The van der Waals surface area contributed by atoms with Gasteiger partial charge in [0.15, 0.2) is 5.96 Å². The highest BCUT2D eigenvalue weighted by Crippen LogP contribution is 2.15. The molecule has 2 heterocycles. The van der Waals surface area contributed by atoms with Gasteiger partial charge < -0.3 is 20.1 Å². The highest BCUT2D eigenvalue weighted by atomic mass is 16.5. The molecule has 31 heavy (non-hydrogen) atoms. The number of likely N-dealkylation sites (tertiary alicyclic amines) is 1. The maximum Gasteiger partial charge on any atom is 0.218 e. The second-order valence-electron chi connectivity index (χ2n) is 7.74. The molecule has 1 aromatic carbocycles. The van der Waals surface area contributed by atoms with E-state index < -0.39 is 0 Å². The summed E-state index contributed by atoms with van der Waals surface area (Å²) >= 11 is 0. The van der Waals surface area contributed by atoms with Crippen LogP contribution in [-0.2, 0) is 24.4 Å². The highest BCUT2D eigenvalue weighted by Gasteiger charge is 2.10. The molecule has 0 bridgehead atoms. The summed E-state index contributed by atoms with van der Waals surface area (Å²) in [4.78, 5) is 11.2. The number of aliphatic imine (C=N–C) groups is 1. The standard InChI is InChI=1S/C24H35N5O2/c1-25-24(28-18-22-7-6-12-26-23(22)31-16-15-30-2)27-17-20-8-10-21(11-9-20)19-29-13-4-3-5-14-29/h6-12H,3-5,13-19H2,1-2H3,(H2,25,27,28). The number of hydrogen-bond donors (Lipinski definition) is 2. The van der Waals surface area contributed by atoms with E-state index in [1.807, 2.05) is 12.1 Å². The fourth-order valence-corrected chi connectivity index (χ4v) is 3.63. The van der Waals surface area contributed by atoms with Gasteiger partial charge in [-0.1, -0.05) is 36.8 Å². The first-order valence-electron chi connectivity index (χ1n) is 11.1. The minimum Gasteiger partial charge on any atom is -0.475 e. The number of piperidine rings is 1. The maximum atomic E-state index is 5.70. The van der Waals surface area contributed by atoms with Crippen LogP contribution >= 0.6 is 0 Å². The van der Waals surface area contributed by atoms with E-state index in [1.165, 1.54) is 43.5 Å². The van der Waals surface area contributed by atoms with E-state index in [0.29, 0.717) is 32.2 Å². The Labute approximate surface area is 185 Å². The molecule has 0 atom stereocenters. The molecule has 0 amide bonds. The zero-order chi connectivity index (χ0) is 21.7. The number of guanidine groups is 1. The van der Waals surface area contributed by atoms with Crippen molar-refractivity contribution in [2.75, 3.05) is 40.5 Å². The first-order chi connectivity index (χ1) is 15.3. The number of methoxy groups -OCH3 is 1. The van der Waals surface area contributed by atoms with Gasteiger partial charge in [-0.25, -0.2) is 4.98 Å². The fourth-order valence-electron chi connectivity index (χ4n) is 3.63. The molecular weight excluding hydrogens is 390 g/mol. The summed E-state index contributed by atoms with van der Waals surface area (Å²) in [6, 6.07) is 12.8. The van der Waals surface area contributed by atoms with Gasteiger partial charge in [-0.15, -0.1) is 0 Å². The summed E-state index contributed by atoms with van der Waals surface area (Å²) in [5.74, 6) is 1.36. The molecule has 1 aromatic heterocycles. The van der Waals surface area contributed by atoms with Gasteiger partial charge >= 0.3 is 0 Å². The Morgan fingerprint density at radius 3 is 2.48 bits per heavy atom. The summed E-state index contributed by atoms with van der Waals surface area (Å²) in [5, 5.41) is 6.71. The minimum absolute atomic E-state index is 0.473. The summed E-state index contributed by atoms with van der Waals surface area (Å²) < 4.78 is 10.7. The van der Waals surface area contributed by atoms with Crippen LogP contribution in [0.5, 0.6) is 5.88 Å². The van der Waals surface area contributed by atoms with Crippen LogP contribution in [0.4, 0.5) is 0 Å². The SMILES string of the molecule is CN=C(NCc1ccc(CN2CCCCC2)cc1)NCc1cccnc1OCCOC. The number of hydrogen-bond acceptors (Lipinski definition) is 5. The number of ether oxygens (including phenoxy) is 2. The molecule has 168 valence electrons. The monoisotopic (exact) mass is 425 g/mol. The van der Waals surface area contributed by atoms with Gasteiger partial charge in [0.2, 0.25) is 5.88 Å². The first kappa shape index (κ1) is 23.0. The van der Waals surface area contributed by atoms with Crippen LogP contribution in [-0.4, -0.2) is 56.3 Å². The number of pyridine rings is 1. The number of nitrogens with one attached hydrogen (secondary N) is 2. The van der Waals surface area contributed by atoms with Crippen molar-refractivity contribution in [1.82, 2.24) is 20.5 Å². The van der Waals surface area contributed by atoms with Gasteiger partial charge in [-0.3, -0.25) is 9.89 Å². The van der Waals surface area contributed by atoms with Crippen LogP contribution in [0.2, 0.25) is 0 Å². The molecule has 3 rings (SSSR count). The Kier molecular flexibility index (Phi) is 9.60. The molecule has 0 saturated carbocycles. The summed E-state index contributed by atoms with van der Waals surface area (Å²) in [6.07, 6.45) is 5.76. The predicted molar refractivity (Wildman–Crippen MR) is 124 cm³/mol. The van der Waals surface area contributed by atoms with Crippen molar-refractivity contribution >= 4 is 5.96 Å². The van der Waals surface area contributed by atoms with Crippen LogP contribution in [0.1, 0.15) is 36.0 Å². The van der Waals surface area contributed by atoms with Crippen molar-refractivity contribution in [3.63, 3.8) is 0 Å². The smallest absolute Gasteiger partial charge is 0.218 e. The lowest BCUT2D eigenvalue weighted by atomic mass is 10.1. The Hall–Kier alpha value is -2.64. The molecule has 0 unspecified atom stereocenters. The second kappa shape index (κ2) is 12.9. The predicted octanol–water partition coefficient (Wildman–Crippen LogP) is 2.96. The Balaban J connectivity index is 1.45. The second-order valence-corrected chi connectivity index (χ2v) is 7.74. The van der Waals surface area contributed by atoms with E-state index in [1.54, 1.807) is 20.4 Å². The third-order valence-electron chi connectivity index (χ3n) is 5.38. The lowest BCUT2D eigenvalue weighted by Gasteiger charge is -2.26. The molecule has 2 aromatic rings. The maximum absolute atomic E-state index is 5.70. The molecule has 1 aliphatic heterocycles. The third kappa shape index (κ3) is 7.84. The normalized spacial score (nSPS) is 15.0. The molecule has 1 fully saturated rings. The molecule has 0 radical (unpaired) electrons. The van der Waals surface area contributed by atoms with Crippen molar-refractivity contribution in [3.8, 4) is 5.88 Å². The number of rotatable bonds is 10. The van der Waals surface area contributed by atoms with Crippen LogP contribution < -0.4 is 15.4 Å². The van der Waals surface area contributed by atoms with Crippen LogP contribution in [0.3, 0.4) is 0 Å². The van der Waals surface area contributed by atoms with Crippen LogP contribution in [0.25, 0.3) is 0 Å². The van der Waals surface area contributed by atoms with Crippen LogP contribution in [0.15, 0.2) is 47.6 Å².